The Bertz CT molecular complexity index is 611. The van der Waals surface area contributed by atoms with Gasteiger partial charge in [-0.2, -0.15) is 5.10 Å². The van der Waals surface area contributed by atoms with Crippen molar-refractivity contribution >= 4 is 11.8 Å². The highest BCUT2D eigenvalue weighted by Gasteiger charge is 2.30. The first kappa shape index (κ1) is 18.0. The summed E-state index contributed by atoms with van der Waals surface area (Å²) in [6, 6.07) is 0. The summed E-state index contributed by atoms with van der Waals surface area (Å²) in [5, 5.41) is 4.43. The van der Waals surface area contributed by atoms with E-state index in [1.165, 1.54) is 19.3 Å². The van der Waals surface area contributed by atoms with Crippen LogP contribution in [0.25, 0.3) is 0 Å². The van der Waals surface area contributed by atoms with E-state index in [-0.39, 0.29) is 11.8 Å². The van der Waals surface area contributed by atoms with Gasteiger partial charge in [0.1, 0.15) is 0 Å². The predicted molar refractivity (Wildman–Crippen MR) is 96.3 cm³/mol. The molecule has 2 fully saturated rings. The maximum atomic E-state index is 12.8. The smallest absolute Gasteiger partial charge is 0.257 e. The van der Waals surface area contributed by atoms with Gasteiger partial charge in [-0.1, -0.05) is 26.2 Å². The Balaban J connectivity index is 1.56. The molecule has 0 unspecified atom stereocenters. The van der Waals surface area contributed by atoms with Gasteiger partial charge in [0.05, 0.1) is 11.3 Å². The zero-order valence-corrected chi connectivity index (χ0v) is 15.5. The van der Waals surface area contributed by atoms with Gasteiger partial charge in [0.2, 0.25) is 5.91 Å². The van der Waals surface area contributed by atoms with Gasteiger partial charge >= 0.3 is 0 Å². The monoisotopic (exact) mass is 346 g/mol. The molecule has 2 aliphatic rings. The van der Waals surface area contributed by atoms with Gasteiger partial charge < -0.3 is 9.80 Å². The van der Waals surface area contributed by atoms with E-state index in [1.807, 2.05) is 27.6 Å². The highest BCUT2D eigenvalue weighted by molar-refractivity contribution is 5.95. The van der Waals surface area contributed by atoms with Gasteiger partial charge in [-0.3, -0.25) is 14.3 Å². The van der Waals surface area contributed by atoms with Gasteiger partial charge in [-0.15, -0.1) is 0 Å². The number of carbonyl (C=O) groups is 2. The van der Waals surface area contributed by atoms with E-state index >= 15 is 0 Å². The first-order valence-corrected chi connectivity index (χ1v) is 9.72. The van der Waals surface area contributed by atoms with E-state index in [0.29, 0.717) is 37.6 Å². The van der Waals surface area contributed by atoms with Crippen LogP contribution in [0.2, 0.25) is 0 Å². The highest BCUT2D eigenvalue weighted by Crippen LogP contribution is 2.26. The molecule has 25 heavy (non-hydrogen) atoms. The van der Waals surface area contributed by atoms with Crippen molar-refractivity contribution in [2.75, 3.05) is 26.2 Å². The Morgan fingerprint density at radius 3 is 2.36 bits per heavy atom. The molecule has 1 aliphatic heterocycles. The van der Waals surface area contributed by atoms with Crippen LogP contribution in [0.3, 0.4) is 0 Å². The van der Waals surface area contributed by atoms with Gasteiger partial charge in [0.15, 0.2) is 0 Å². The molecule has 3 rings (SSSR count). The maximum Gasteiger partial charge on any atom is 0.257 e. The van der Waals surface area contributed by atoms with Crippen LogP contribution in [-0.4, -0.2) is 57.6 Å². The first-order chi connectivity index (χ1) is 12.1. The number of carbonyl (C=O) groups excluding carboxylic acids is 2. The lowest BCUT2D eigenvalue weighted by Crippen LogP contribution is -2.52. The molecule has 0 radical (unpaired) electrons. The zero-order chi connectivity index (χ0) is 17.8. The fourth-order valence-corrected chi connectivity index (χ4v) is 3.98. The van der Waals surface area contributed by atoms with Gasteiger partial charge in [0.25, 0.3) is 5.91 Å². The van der Waals surface area contributed by atoms with E-state index < -0.39 is 0 Å². The average molecular weight is 346 g/mol. The molecule has 0 spiro atoms. The molecule has 6 nitrogen and oxygen atoms in total. The number of rotatable bonds is 4. The van der Waals surface area contributed by atoms with Crippen molar-refractivity contribution in [2.24, 2.45) is 5.92 Å². The van der Waals surface area contributed by atoms with E-state index in [1.54, 1.807) is 0 Å². The Labute approximate surface area is 150 Å². The third-order valence-corrected chi connectivity index (χ3v) is 5.46. The number of hydrogen-bond acceptors (Lipinski definition) is 3. The van der Waals surface area contributed by atoms with Crippen molar-refractivity contribution in [1.29, 1.82) is 0 Å². The van der Waals surface area contributed by atoms with Crippen LogP contribution >= 0.6 is 0 Å². The Morgan fingerprint density at radius 2 is 1.72 bits per heavy atom. The molecule has 6 heteroatoms. The quantitative estimate of drug-likeness (QED) is 0.841. The molecule has 1 saturated heterocycles. The van der Waals surface area contributed by atoms with E-state index in [2.05, 4.69) is 12.0 Å². The van der Waals surface area contributed by atoms with Crippen LogP contribution in [0.15, 0.2) is 6.20 Å². The third-order valence-electron chi connectivity index (χ3n) is 5.46. The number of amides is 2. The zero-order valence-electron chi connectivity index (χ0n) is 15.5. The summed E-state index contributed by atoms with van der Waals surface area (Å²) in [4.78, 5) is 29.3. The van der Waals surface area contributed by atoms with Crippen LogP contribution in [0.1, 0.15) is 61.5 Å². The van der Waals surface area contributed by atoms with E-state index in [9.17, 15) is 9.59 Å². The van der Waals surface area contributed by atoms with Gasteiger partial charge in [0, 0.05) is 44.8 Å². The van der Waals surface area contributed by atoms with Crippen molar-refractivity contribution in [1.82, 2.24) is 19.6 Å². The highest BCUT2D eigenvalue weighted by atomic mass is 16.2. The third kappa shape index (κ3) is 4.05. The topological polar surface area (TPSA) is 58.4 Å². The molecule has 0 atom stereocenters. The summed E-state index contributed by atoms with van der Waals surface area (Å²) >= 11 is 0. The fourth-order valence-electron chi connectivity index (χ4n) is 3.98. The average Bonchev–Trinajstić information content (AvgIpc) is 3.02. The first-order valence-electron chi connectivity index (χ1n) is 9.72. The number of hydrogen-bond donors (Lipinski definition) is 0. The molecule has 0 aromatic carbocycles. The SMILES string of the molecule is CCCn1cc(C(=O)N2CCN(C(=O)C3CCCCC3)CC2)c(C)n1. The lowest BCUT2D eigenvalue weighted by atomic mass is 9.88. The summed E-state index contributed by atoms with van der Waals surface area (Å²) in [6.45, 7) is 7.37. The standard InChI is InChI=1S/C19H30N4O2/c1-3-9-23-14-17(15(2)20-23)19(25)22-12-10-21(11-13-22)18(24)16-7-5-4-6-8-16/h14,16H,3-13H2,1-2H3. The molecule has 1 saturated carbocycles. The van der Waals surface area contributed by atoms with Gasteiger partial charge in [-0.25, -0.2) is 0 Å². The summed E-state index contributed by atoms with van der Waals surface area (Å²) in [7, 11) is 0. The number of aryl methyl sites for hydroxylation is 2. The molecule has 0 N–H and O–H groups in total. The van der Waals surface area contributed by atoms with Crippen molar-refractivity contribution < 1.29 is 9.59 Å². The summed E-state index contributed by atoms with van der Waals surface area (Å²) < 4.78 is 1.85. The van der Waals surface area contributed by atoms with Crippen LogP contribution in [0, 0.1) is 12.8 Å². The molecular weight excluding hydrogens is 316 g/mol. The molecule has 1 aliphatic carbocycles. The maximum absolute atomic E-state index is 12.8. The predicted octanol–water partition coefficient (Wildman–Crippen LogP) is 2.47. The lowest BCUT2D eigenvalue weighted by Gasteiger charge is -2.37. The van der Waals surface area contributed by atoms with Crippen molar-refractivity contribution in [3.8, 4) is 0 Å². The van der Waals surface area contributed by atoms with Crippen LogP contribution in [0.4, 0.5) is 0 Å². The van der Waals surface area contributed by atoms with Crippen LogP contribution in [-0.2, 0) is 11.3 Å². The summed E-state index contributed by atoms with van der Waals surface area (Å²) in [5.41, 5.74) is 1.49. The molecule has 0 bridgehead atoms. The summed E-state index contributed by atoms with van der Waals surface area (Å²) in [6.07, 6.45) is 8.54. The molecule has 1 aromatic rings. The van der Waals surface area contributed by atoms with E-state index in [0.717, 1.165) is 31.5 Å². The normalized spacial score (nSPS) is 19.3. The van der Waals surface area contributed by atoms with Crippen LogP contribution in [0.5, 0.6) is 0 Å². The molecular formula is C19H30N4O2. The van der Waals surface area contributed by atoms with Gasteiger partial charge in [-0.05, 0) is 26.2 Å². The minimum absolute atomic E-state index is 0.0459. The Morgan fingerprint density at radius 1 is 1.08 bits per heavy atom. The number of piperazine rings is 1. The van der Waals surface area contributed by atoms with Crippen molar-refractivity contribution in [3.05, 3.63) is 17.5 Å². The second kappa shape index (κ2) is 8.02. The largest absolute Gasteiger partial charge is 0.339 e. The second-order valence-electron chi connectivity index (χ2n) is 7.34. The Kier molecular flexibility index (Phi) is 5.76. The number of nitrogens with zero attached hydrogens (tertiary/aromatic N) is 4. The lowest BCUT2D eigenvalue weighted by molar-refractivity contribution is -0.138. The molecule has 1 aromatic heterocycles. The van der Waals surface area contributed by atoms with E-state index in [4.69, 9.17) is 0 Å². The van der Waals surface area contributed by atoms with Crippen LogP contribution < -0.4 is 0 Å². The Hall–Kier alpha value is -1.85. The molecule has 2 heterocycles. The summed E-state index contributed by atoms with van der Waals surface area (Å²) in [5.74, 6) is 0.564. The molecule has 138 valence electrons. The minimum atomic E-state index is 0.0459. The number of aromatic nitrogens is 2. The minimum Gasteiger partial charge on any atom is -0.339 e. The fraction of sp³-hybridized carbons (Fsp3) is 0.737. The second-order valence-corrected chi connectivity index (χ2v) is 7.34. The van der Waals surface area contributed by atoms with Crippen molar-refractivity contribution in [2.45, 2.75) is 58.9 Å². The van der Waals surface area contributed by atoms with Crippen molar-refractivity contribution in [3.63, 3.8) is 0 Å². The molecule has 2 amide bonds.